The topological polar surface area (TPSA) is 66.3 Å². The second-order valence-corrected chi connectivity index (χ2v) is 5.88. The Kier molecular flexibility index (Phi) is 4.06. The lowest BCUT2D eigenvalue weighted by atomic mass is 10.1. The molecule has 6 heteroatoms. The van der Waals surface area contributed by atoms with E-state index >= 15 is 0 Å². The lowest BCUT2D eigenvalue weighted by Gasteiger charge is -2.25. The Morgan fingerprint density at radius 1 is 1.29 bits per heavy atom. The molecule has 1 N–H and O–H groups in total. The van der Waals surface area contributed by atoms with E-state index in [4.69, 9.17) is 5.11 Å². The first-order valence-electron chi connectivity index (χ1n) is 6.72. The van der Waals surface area contributed by atoms with E-state index in [9.17, 15) is 4.79 Å². The molecule has 1 aromatic carbocycles. The molecule has 2 heterocycles. The van der Waals surface area contributed by atoms with E-state index in [-0.39, 0.29) is 0 Å². The van der Waals surface area contributed by atoms with E-state index in [2.05, 4.69) is 22.3 Å². The summed E-state index contributed by atoms with van der Waals surface area (Å²) in [4.78, 5) is 12.5. The lowest BCUT2D eigenvalue weighted by Crippen LogP contribution is -2.35. The summed E-state index contributed by atoms with van der Waals surface area (Å²) in [7, 11) is 0. The minimum Gasteiger partial charge on any atom is -0.465 e. The average molecular weight is 301 g/mol. The molecule has 3 rings (SSSR count). The van der Waals surface area contributed by atoms with Gasteiger partial charge in [-0.1, -0.05) is 42.1 Å². The van der Waals surface area contributed by atoms with Crippen LogP contribution in [0.15, 0.2) is 41.4 Å². The van der Waals surface area contributed by atoms with Crippen LogP contribution in [0.1, 0.15) is 16.8 Å². The van der Waals surface area contributed by atoms with Crippen molar-refractivity contribution in [3.8, 4) is 0 Å². The quantitative estimate of drug-likeness (QED) is 0.883. The number of amides is 1. The summed E-state index contributed by atoms with van der Waals surface area (Å²) in [6.07, 6.45) is -0.242. The van der Waals surface area contributed by atoms with Crippen LogP contribution in [0.2, 0.25) is 0 Å². The van der Waals surface area contributed by atoms with Crippen LogP contribution in [0.25, 0.3) is 0 Å². The third-order valence-electron chi connectivity index (χ3n) is 3.42. The second kappa shape index (κ2) is 6.13. The maximum atomic E-state index is 11.0. The SMILES string of the molecule is O=C(O)N1CCc2nnc(SCc3ccccc3)cc2C1. The van der Waals surface area contributed by atoms with E-state index in [0.717, 1.165) is 22.0 Å². The molecule has 2 aromatic rings. The van der Waals surface area contributed by atoms with Gasteiger partial charge in [-0.2, -0.15) is 5.10 Å². The van der Waals surface area contributed by atoms with E-state index in [0.29, 0.717) is 19.5 Å². The fraction of sp³-hybridized carbons (Fsp3) is 0.267. The third-order valence-corrected chi connectivity index (χ3v) is 4.39. The Balaban J connectivity index is 1.71. The van der Waals surface area contributed by atoms with Crippen molar-refractivity contribution in [2.24, 2.45) is 0 Å². The molecule has 1 aromatic heterocycles. The van der Waals surface area contributed by atoms with Gasteiger partial charge < -0.3 is 10.0 Å². The zero-order chi connectivity index (χ0) is 14.7. The van der Waals surface area contributed by atoms with E-state index < -0.39 is 6.09 Å². The fourth-order valence-electron chi connectivity index (χ4n) is 2.27. The molecule has 1 aliphatic heterocycles. The zero-order valence-corrected chi connectivity index (χ0v) is 12.2. The van der Waals surface area contributed by atoms with Gasteiger partial charge in [-0.15, -0.1) is 5.10 Å². The van der Waals surface area contributed by atoms with Crippen LogP contribution < -0.4 is 0 Å². The Labute approximate surface area is 127 Å². The summed E-state index contributed by atoms with van der Waals surface area (Å²) in [5.74, 6) is 0.830. The summed E-state index contributed by atoms with van der Waals surface area (Å²) >= 11 is 1.62. The molecule has 0 fully saturated rings. The van der Waals surface area contributed by atoms with Crippen molar-refractivity contribution in [2.75, 3.05) is 6.54 Å². The predicted octanol–water partition coefficient (Wildman–Crippen LogP) is 2.81. The number of carboxylic acid groups (broad SMARTS) is 1. The standard InChI is InChI=1S/C15H15N3O2S/c19-15(20)18-7-6-13-12(9-18)8-14(17-16-13)21-10-11-4-2-1-3-5-11/h1-5,8H,6-7,9-10H2,(H,19,20). The highest BCUT2D eigenvalue weighted by Crippen LogP contribution is 2.24. The maximum Gasteiger partial charge on any atom is 0.407 e. The van der Waals surface area contributed by atoms with Crippen LogP contribution in [-0.2, 0) is 18.7 Å². The number of carbonyl (C=O) groups is 1. The highest BCUT2D eigenvalue weighted by Gasteiger charge is 2.21. The zero-order valence-electron chi connectivity index (χ0n) is 11.4. The average Bonchev–Trinajstić information content (AvgIpc) is 2.53. The number of nitrogens with zero attached hydrogens (tertiary/aromatic N) is 3. The normalized spacial score (nSPS) is 13.8. The number of rotatable bonds is 3. The number of fused-ring (bicyclic) bond motifs is 1. The minimum absolute atomic E-state index is 0.402. The third kappa shape index (κ3) is 3.33. The summed E-state index contributed by atoms with van der Waals surface area (Å²) in [6, 6.07) is 12.1. The molecule has 0 unspecified atom stereocenters. The van der Waals surface area contributed by atoms with E-state index in [1.807, 2.05) is 24.3 Å². The maximum absolute atomic E-state index is 11.0. The van der Waals surface area contributed by atoms with Gasteiger partial charge in [0.05, 0.1) is 12.2 Å². The van der Waals surface area contributed by atoms with Crippen molar-refractivity contribution in [2.45, 2.75) is 23.7 Å². The van der Waals surface area contributed by atoms with Crippen molar-refractivity contribution in [3.63, 3.8) is 0 Å². The minimum atomic E-state index is -0.879. The molecular weight excluding hydrogens is 286 g/mol. The molecule has 0 spiro atoms. The van der Waals surface area contributed by atoms with Crippen molar-refractivity contribution >= 4 is 17.9 Å². The molecule has 1 aliphatic rings. The largest absolute Gasteiger partial charge is 0.465 e. The molecule has 108 valence electrons. The highest BCUT2D eigenvalue weighted by atomic mass is 32.2. The van der Waals surface area contributed by atoms with Gasteiger partial charge in [-0.3, -0.25) is 0 Å². The van der Waals surface area contributed by atoms with Crippen LogP contribution in [0, 0.1) is 0 Å². The smallest absolute Gasteiger partial charge is 0.407 e. The van der Waals surface area contributed by atoms with Gasteiger partial charge in [0.2, 0.25) is 0 Å². The van der Waals surface area contributed by atoms with Gasteiger partial charge in [0.15, 0.2) is 0 Å². The molecule has 0 radical (unpaired) electrons. The Morgan fingerprint density at radius 3 is 2.86 bits per heavy atom. The van der Waals surface area contributed by atoms with Crippen molar-refractivity contribution in [3.05, 3.63) is 53.2 Å². The van der Waals surface area contributed by atoms with Crippen LogP contribution >= 0.6 is 11.8 Å². The number of hydrogen-bond donors (Lipinski definition) is 1. The van der Waals surface area contributed by atoms with Crippen LogP contribution in [0.4, 0.5) is 4.79 Å². The Morgan fingerprint density at radius 2 is 2.10 bits per heavy atom. The molecule has 0 atom stereocenters. The molecule has 21 heavy (non-hydrogen) atoms. The summed E-state index contributed by atoms with van der Waals surface area (Å²) < 4.78 is 0. The number of thioether (sulfide) groups is 1. The second-order valence-electron chi connectivity index (χ2n) is 4.88. The highest BCUT2D eigenvalue weighted by molar-refractivity contribution is 7.98. The first-order chi connectivity index (χ1) is 10.2. The number of hydrogen-bond acceptors (Lipinski definition) is 4. The fourth-order valence-corrected chi connectivity index (χ4v) is 3.10. The number of benzene rings is 1. The monoisotopic (exact) mass is 301 g/mol. The molecule has 5 nitrogen and oxygen atoms in total. The Bertz CT molecular complexity index is 649. The van der Waals surface area contributed by atoms with Gasteiger partial charge >= 0.3 is 6.09 Å². The molecule has 0 saturated heterocycles. The van der Waals surface area contributed by atoms with E-state index in [1.54, 1.807) is 11.8 Å². The first-order valence-corrected chi connectivity index (χ1v) is 7.71. The summed E-state index contributed by atoms with van der Waals surface area (Å²) in [5.41, 5.74) is 3.11. The molecule has 0 aliphatic carbocycles. The molecule has 0 bridgehead atoms. The first kappa shape index (κ1) is 13.9. The van der Waals surface area contributed by atoms with Gasteiger partial charge in [0.25, 0.3) is 0 Å². The van der Waals surface area contributed by atoms with Crippen LogP contribution in [-0.4, -0.2) is 32.8 Å². The van der Waals surface area contributed by atoms with Gasteiger partial charge in [0.1, 0.15) is 5.03 Å². The van der Waals surface area contributed by atoms with Crippen molar-refractivity contribution < 1.29 is 9.90 Å². The van der Waals surface area contributed by atoms with Gasteiger partial charge in [-0.05, 0) is 17.2 Å². The van der Waals surface area contributed by atoms with E-state index in [1.165, 1.54) is 10.5 Å². The summed E-state index contributed by atoms with van der Waals surface area (Å²) in [6.45, 7) is 0.895. The van der Waals surface area contributed by atoms with Crippen molar-refractivity contribution in [1.29, 1.82) is 0 Å². The molecule has 1 amide bonds. The van der Waals surface area contributed by atoms with Crippen LogP contribution in [0.3, 0.4) is 0 Å². The van der Waals surface area contributed by atoms with Crippen LogP contribution in [0.5, 0.6) is 0 Å². The van der Waals surface area contributed by atoms with Crippen molar-refractivity contribution in [1.82, 2.24) is 15.1 Å². The lowest BCUT2D eigenvalue weighted by molar-refractivity contribution is 0.139. The Hall–Kier alpha value is -2.08. The molecule has 0 saturated carbocycles. The predicted molar refractivity (Wildman–Crippen MR) is 80.2 cm³/mol. The number of aromatic nitrogens is 2. The van der Waals surface area contributed by atoms with Gasteiger partial charge in [0, 0.05) is 18.7 Å². The molecular formula is C15H15N3O2S. The van der Waals surface area contributed by atoms with Gasteiger partial charge in [-0.25, -0.2) is 4.79 Å². The summed E-state index contributed by atoms with van der Waals surface area (Å²) in [5, 5.41) is 18.4.